The SMILES string of the molecule is Cc1ccccc1OCCCCSc1nc2sc(C)c(-c3ccccc3)c2c(=O)n1-c1ccccc1. The normalized spacial score (nSPS) is 11.2. The fraction of sp³-hybridized carbons (Fsp3) is 0.200. The largest absolute Gasteiger partial charge is 0.493 e. The quantitative estimate of drug-likeness (QED) is 0.115. The van der Waals surface area contributed by atoms with Gasteiger partial charge in [-0.05, 0) is 56.0 Å². The first-order valence-corrected chi connectivity index (χ1v) is 13.9. The number of ether oxygens (including phenoxy) is 1. The first-order valence-electron chi connectivity index (χ1n) is 12.1. The Labute approximate surface area is 219 Å². The number of benzene rings is 3. The van der Waals surface area contributed by atoms with Crippen LogP contribution >= 0.6 is 23.1 Å². The molecule has 36 heavy (non-hydrogen) atoms. The number of hydrogen-bond donors (Lipinski definition) is 0. The molecular weight excluding hydrogens is 484 g/mol. The smallest absolute Gasteiger partial charge is 0.268 e. The van der Waals surface area contributed by atoms with Gasteiger partial charge in [-0.3, -0.25) is 9.36 Å². The Balaban J connectivity index is 1.41. The molecule has 0 aliphatic carbocycles. The standard InChI is InChI=1S/C30H28N2O2S2/c1-21-13-9-10-18-25(21)34-19-11-12-20-35-30-31-28-27(29(33)32(30)24-16-7-4-8-17-24)26(22(2)36-28)23-14-5-3-6-15-23/h3-10,13-18H,11-12,19-20H2,1-2H3. The zero-order chi connectivity index (χ0) is 24.9. The van der Waals surface area contributed by atoms with E-state index in [4.69, 9.17) is 9.72 Å². The first-order chi connectivity index (χ1) is 17.6. The zero-order valence-electron chi connectivity index (χ0n) is 20.4. The van der Waals surface area contributed by atoms with E-state index in [0.29, 0.717) is 12.0 Å². The molecular formula is C30H28N2O2S2. The van der Waals surface area contributed by atoms with E-state index >= 15 is 0 Å². The monoisotopic (exact) mass is 512 g/mol. The molecule has 3 aromatic carbocycles. The predicted molar refractivity (Wildman–Crippen MR) is 152 cm³/mol. The molecule has 0 spiro atoms. The number of aromatic nitrogens is 2. The summed E-state index contributed by atoms with van der Waals surface area (Å²) in [6.45, 7) is 4.81. The fourth-order valence-corrected chi connectivity index (χ4v) is 6.36. The van der Waals surface area contributed by atoms with Gasteiger partial charge in [0.2, 0.25) is 0 Å². The summed E-state index contributed by atoms with van der Waals surface area (Å²) in [4.78, 5) is 20.9. The lowest BCUT2D eigenvalue weighted by Crippen LogP contribution is -2.21. The van der Waals surface area contributed by atoms with Gasteiger partial charge in [0.25, 0.3) is 5.56 Å². The summed E-state index contributed by atoms with van der Waals surface area (Å²) in [5.74, 6) is 1.80. The van der Waals surface area contributed by atoms with Crippen molar-refractivity contribution in [1.29, 1.82) is 0 Å². The van der Waals surface area contributed by atoms with Crippen molar-refractivity contribution >= 4 is 33.3 Å². The van der Waals surface area contributed by atoms with Gasteiger partial charge in [0.15, 0.2) is 5.16 Å². The number of thioether (sulfide) groups is 1. The van der Waals surface area contributed by atoms with E-state index in [2.05, 4.69) is 32.0 Å². The van der Waals surface area contributed by atoms with Crippen LogP contribution in [0.5, 0.6) is 5.75 Å². The van der Waals surface area contributed by atoms with Crippen molar-refractivity contribution in [3.63, 3.8) is 0 Å². The van der Waals surface area contributed by atoms with Crippen LogP contribution in [0.25, 0.3) is 27.0 Å². The van der Waals surface area contributed by atoms with Crippen LogP contribution in [0.4, 0.5) is 0 Å². The Hall–Kier alpha value is -3.35. The van der Waals surface area contributed by atoms with Crippen molar-refractivity contribution in [2.75, 3.05) is 12.4 Å². The molecule has 2 aromatic heterocycles. The Bertz CT molecular complexity index is 1530. The average molecular weight is 513 g/mol. The number of unbranched alkanes of at least 4 members (excludes halogenated alkanes) is 1. The van der Waals surface area contributed by atoms with Crippen LogP contribution in [0, 0.1) is 13.8 Å². The highest BCUT2D eigenvalue weighted by Gasteiger charge is 2.20. The minimum Gasteiger partial charge on any atom is -0.493 e. The molecule has 182 valence electrons. The molecule has 0 unspecified atom stereocenters. The van der Waals surface area contributed by atoms with E-state index in [1.807, 2.05) is 66.7 Å². The number of nitrogens with zero attached hydrogens (tertiary/aromatic N) is 2. The predicted octanol–water partition coefficient (Wildman–Crippen LogP) is 7.68. The minimum absolute atomic E-state index is 0.0141. The van der Waals surface area contributed by atoms with Gasteiger partial charge in [0, 0.05) is 16.2 Å². The van der Waals surface area contributed by atoms with Crippen molar-refractivity contribution in [1.82, 2.24) is 9.55 Å². The van der Waals surface area contributed by atoms with Crippen molar-refractivity contribution < 1.29 is 4.74 Å². The van der Waals surface area contributed by atoms with Crippen LogP contribution in [0.1, 0.15) is 23.3 Å². The van der Waals surface area contributed by atoms with Gasteiger partial charge < -0.3 is 4.74 Å². The van der Waals surface area contributed by atoms with Crippen molar-refractivity contribution in [2.45, 2.75) is 31.8 Å². The number of thiophene rings is 1. The van der Waals surface area contributed by atoms with Gasteiger partial charge in [-0.25, -0.2) is 4.98 Å². The molecule has 4 nitrogen and oxygen atoms in total. The Morgan fingerprint density at radius 3 is 2.33 bits per heavy atom. The topological polar surface area (TPSA) is 44.1 Å². The van der Waals surface area contributed by atoms with Crippen molar-refractivity contribution in [3.8, 4) is 22.6 Å². The van der Waals surface area contributed by atoms with Crippen LogP contribution in [-0.2, 0) is 0 Å². The Morgan fingerprint density at radius 1 is 0.889 bits per heavy atom. The molecule has 0 radical (unpaired) electrons. The van der Waals surface area contributed by atoms with Gasteiger partial charge in [0.1, 0.15) is 10.6 Å². The highest BCUT2D eigenvalue weighted by molar-refractivity contribution is 7.99. The summed E-state index contributed by atoms with van der Waals surface area (Å²) >= 11 is 3.23. The van der Waals surface area contributed by atoms with Gasteiger partial charge in [-0.15, -0.1) is 11.3 Å². The third-order valence-corrected chi connectivity index (χ3v) is 8.09. The zero-order valence-corrected chi connectivity index (χ0v) is 22.1. The Morgan fingerprint density at radius 2 is 1.58 bits per heavy atom. The number of para-hydroxylation sites is 2. The van der Waals surface area contributed by atoms with Crippen molar-refractivity contribution in [3.05, 3.63) is 106 Å². The molecule has 5 aromatic rings. The molecule has 0 bridgehead atoms. The maximum atomic E-state index is 14.0. The maximum Gasteiger partial charge on any atom is 0.268 e. The van der Waals surface area contributed by atoms with Gasteiger partial charge in [-0.2, -0.15) is 0 Å². The molecule has 0 aliphatic rings. The summed E-state index contributed by atoms with van der Waals surface area (Å²) in [5, 5.41) is 1.43. The molecule has 0 fully saturated rings. The molecule has 0 N–H and O–H groups in total. The second-order valence-electron chi connectivity index (χ2n) is 8.62. The highest BCUT2D eigenvalue weighted by atomic mass is 32.2. The molecule has 0 aliphatic heterocycles. The second kappa shape index (κ2) is 11.1. The third-order valence-electron chi connectivity index (χ3n) is 6.07. The van der Waals surface area contributed by atoms with Gasteiger partial charge in [-0.1, -0.05) is 78.5 Å². The fourth-order valence-electron chi connectivity index (χ4n) is 4.26. The number of rotatable bonds is 9. The van der Waals surface area contributed by atoms with Gasteiger partial charge >= 0.3 is 0 Å². The summed E-state index contributed by atoms with van der Waals surface area (Å²) in [5.41, 5.74) is 4.01. The first kappa shape index (κ1) is 24.3. The van der Waals surface area contributed by atoms with Crippen LogP contribution in [0.2, 0.25) is 0 Å². The van der Waals surface area contributed by atoms with Crippen molar-refractivity contribution in [2.24, 2.45) is 0 Å². The number of fused-ring (bicyclic) bond motifs is 1. The van der Waals surface area contributed by atoms with E-state index in [1.54, 1.807) is 27.7 Å². The van der Waals surface area contributed by atoms with Crippen LogP contribution in [0.15, 0.2) is 94.9 Å². The molecule has 0 atom stereocenters. The van der Waals surface area contributed by atoms with E-state index in [9.17, 15) is 4.79 Å². The lowest BCUT2D eigenvalue weighted by atomic mass is 10.0. The number of hydrogen-bond acceptors (Lipinski definition) is 5. The second-order valence-corrected chi connectivity index (χ2v) is 10.9. The summed E-state index contributed by atoms with van der Waals surface area (Å²) in [7, 11) is 0. The van der Waals surface area contributed by atoms with E-state index in [-0.39, 0.29) is 5.56 Å². The molecule has 2 heterocycles. The van der Waals surface area contributed by atoms with Gasteiger partial charge in [0.05, 0.1) is 17.7 Å². The minimum atomic E-state index is -0.0141. The van der Waals surface area contributed by atoms with E-state index in [1.165, 1.54) is 0 Å². The average Bonchev–Trinajstić information content (AvgIpc) is 3.24. The van der Waals surface area contributed by atoms with Crippen LogP contribution < -0.4 is 10.3 Å². The van der Waals surface area contributed by atoms with Crippen LogP contribution in [-0.4, -0.2) is 21.9 Å². The lowest BCUT2D eigenvalue weighted by molar-refractivity contribution is 0.308. The Kier molecular flexibility index (Phi) is 7.54. The number of aryl methyl sites for hydroxylation is 2. The summed E-state index contributed by atoms with van der Waals surface area (Å²) in [6, 6.07) is 28.0. The summed E-state index contributed by atoms with van der Waals surface area (Å²) in [6.07, 6.45) is 1.91. The molecule has 0 saturated carbocycles. The molecule has 0 saturated heterocycles. The van der Waals surface area contributed by atoms with Crippen LogP contribution in [0.3, 0.4) is 0 Å². The molecule has 5 rings (SSSR count). The highest BCUT2D eigenvalue weighted by Crippen LogP contribution is 2.37. The molecule has 6 heteroatoms. The maximum absolute atomic E-state index is 14.0. The molecule has 0 amide bonds. The summed E-state index contributed by atoms with van der Waals surface area (Å²) < 4.78 is 7.71. The lowest BCUT2D eigenvalue weighted by Gasteiger charge is -2.13. The van der Waals surface area contributed by atoms with E-state index in [0.717, 1.165) is 61.6 Å². The van der Waals surface area contributed by atoms with E-state index < -0.39 is 0 Å². The third kappa shape index (κ3) is 5.11.